The van der Waals surface area contributed by atoms with Crippen LogP contribution in [0.4, 0.5) is 0 Å². The van der Waals surface area contributed by atoms with Crippen molar-refractivity contribution in [3.05, 3.63) is 29.8 Å². The van der Waals surface area contributed by atoms with Crippen molar-refractivity contribution < 1.29 is 4.21 Å². The molecule has 0 saturated carbocycles. The van der Waals surface area contributed by atoms with Gasteiger partial charge < -0.3 is 5.32 Å². The van der Waals surface area contributed by atoms with Gasteiger partial charge in [0.1, 0.15) is 0 Å². The van der Waals surface area contributed by atoms with Crippen molar-refractivity contribution >= 4 is 10.8 Å². The van der Waals surface area contributed by atoms with Gasteiger partial charge in [0.2, 0.25) is 0 Å². The van der Waals surface area contributed by atoms with Crippen LogP contribution in [0.1, 0.15) is 46.6 Å². The summed E-state index contributed by atoms with van der Waals surface area (Å²) in [7, 11) is 1.02. The molecule has 0 aliphatic rings. The van der Waals surface area contributed by atoms with E-state index >= 15 is 0 Å². The van der Waals surface area contributed by atoms with Gasteiger partial charge in [-0.2, -0.15) is 0 Å². The quantitative estimate of drug-likeness (QED) is 0.895. The third-order valence-corrected chi connectivity index (χ3v) is 5.16. The standard InChI is InChI=1S/C16H27NOS/c1-12(17-6)11-13(2)19(18)15-9-7-14(8-10-15)16(3,4)5/h7-10,12-13,17H,11H2,1-6H3. The van der Waals surface area contributed by atoms with Crippen LogP contribution in [-0.4, -0.2) is 22.5 Å². The van der Waals surface area contributed by atoms with Crippen LogP contribution in [-0.2, 0) is 16.2 Å². The molecule has 108 valence electrons. The summed E-state index contributed by atoms with van der Waals surface area (Å²) in [6, 6.07) is 8.62. The maximum Gasteiger partial charge on any atom is 0.0558 e. The van der Waals surface area contributed by atoms with E-state index in [2.05, 4.69) is 52.1 Å². The second-order valence-electron chi connectivity index (χ2n) is 6.31. The Bertz CT molecular complexity index is 419. The monoisotopic (exact) mass is 281 g/mol. The van der Waals surface area contributed by atoms with Gasteiger partial charge in [-0.1, -0.05) is 39.8 Å². The summed E-state index contributed by atoms with van der Waals surface area (Å²) in [6.07, 6.45) is 0.921. The van der Waals surface area contributed by atoms with E-state index < -0.39 is 10.8 Å². The molecular formula is C16H27NOS. The second-order valence-corrected chi connectivity index (χ2v) is 8.18. The first-order valence-corrected chi connectivity index (χ1v) is 8.15. The van der Waals surface area contributed by atoms with E-state index in [1.807, 2.05) is 19.2 Å². The molecule has 0 radical (unpaired) electrons. The summed E-state index contributed by atoms with van der Waals surface area (Å²) in [6.45, 7) is 10.8. The molecule has 0 aliphatic carbocycles. The zero-order valence-electron chi connectivity index (χ0n) is 13.0. The molecule has 3 unspecified atom stereocenters. The predicted octanol–water partition coefficient (Wildman–Crippen LogP) is 3.48. The average Bonchev–Trinajstić information content (AvgIpc) is 2.36. The molecule has 0 bridgehead atoms. The van der Waals surface area contributed by atoms with Crippen molar-refractivity contribution in [3.8, 4) is 0 Å². The van der Waals surface area contributed by atoms with E-state index in [0.717, 1.165) is 11.3 Å². The van der Waals surface area contributed by atoms with E-state index in [1.165, 1.54) is 5.56 Å². The number of benzene rings is 1. The largest absolute Gasteiger partial charge is 0.317 e. The Morgan fingerprint density at radius 2 is 1.68 bits per heavy atom. The molecule has 0 aliphatic heterocycles. The van der Waals surface area contributed by atoms with Crippen LogP contribution >= 0.6 is 0 Å². The molecule has 0 fully saturated rings. The topological polar surface area (TPSA) is 29.1 Å². The van der Waals surface area contributed by atoms with E-state index in [-0.39, 0.29) is 10.7 Å². The van der Waals surface area contributed by atoms with Gasteiger partial charge in [0.25, 0.3) is 0 Å². The number of nitrogens with one attached hydrogen (secondary N) is 1. The minimum absolute atomic E-state index is 0.145. The molecule has 1 rings (SSSR count). The maximum absolute atomic E-state index is 12.4. The molecule has 0 spiro atoms. The van der Waals surface area contributed by atoms with Crippen LogP contribution in [0.5, 0.6) is 0 Å². The van der Waals surface area contributed by atoms with Crippen LogP contribution in [0.3, 0.4) is 0 Å². The number of hydrogen-bond donors (Lipinski definition) is 1. The summed E-state index contributed by atoms with van der Waals surface area (Å²) >= 11 is 0. The lowest BCUT2D eigenvalue weighted by molar-refractivity contribution is 0.554. The van der Waals surface area contributed by atoms with Gasteiger partial charge >= 0.3 is 0 Å². The molecule has 19 heavy (non-hydrogen) atoms. The zero-order valence-corrected chi connectivity index (χ0v) is 13.8. The minimum Gasteiger partial charge on any atom is -0.317 e. The molecule has 1 aromatic carbocycles. The molecular weight excluding hydrogens is 254 g/mol. The first kappa shape index (κ1) is 16.4. The molecule has 1 aromatic rings. The maximum atomic E-state index is 12.4. The Morgan fingerprint density at radius 3 is 2.11 bits per heavy atom. The fraction of sp³-hybridized carbons (Fsp3) is 0.625. The fourth-order valence-corrected chi connectivity index (χ4v) is 3.36. The summed E-state index contributed by atoms with van der Waals surface area (Å²) in [5.41, 5.74) is 1.43. The van der Waals surface area contributed by atoms with Gasteiger partial charge in [-0.05, 0) is 43.5 Å². The zero-order chi connectivity index (χ0) is 14.6. The van der Waals surface area contributed by atoms with Crippen LogP contribution in [0, 0.1) is 0 Å². The fourth-order valence-electron chi connectivity index (χ4n) is 2.02. The SMILES string of the molecule is CNC(C)CC(C)S(=O)c1ccc(C(C)(C)C)cc1. The van der Waals surface area contributed by atoms with E-state index in [0.29, 0.717) is 6.04 Å². The van der Waals surface area contributed by atoms with E-state index in [4.69, 9.17) is 0 Å². The Hall–Kier alpha value is -0.670. The lowest BCUT2D eigenvalue weighted by Crippen LogP contribution is -2.27. The molecule has 1 N–H and O–H groups in total. The number of hydrogen-bond acceptors (Lipinski definition) is 2. The highest BCUT2D eigenvalue weighted by molar-refractivity contribution is 7.85. The minimum atomic E-state index is -0.925. The van der Waals surface area contributed by atoms with Gasteiger partial charge in [-0.15, -0.1) is 0 Å². The van der Waals surface area contributed by atoms with Crippen LogP contribution < -0.4 is 5.32 Å². The van der Waals surface area contributed by atoms with Crippen LogP contribution in [0.25, 0.3) is 0 Å². The Labute approximate surface area is 120 Å². The van der Waals surface area contributed by atoms with Gasteiger partial charge in [0, 0.05) is 16.2 Å². The Morgan fingerprint density at radius 1 is 1.16 bits per heavy atom. The first-order chi connectivity index (χ1) is 8.75. The Balaban J connectivity index is 2.78. The normalized spacial score (nSPS) is 16.9. The smallest absolute Gasteiger partial charge is 0.0558 e. The predicted molar refractivity (Wildman–Crippen MR) is 84.2 cm³/mol. The Kier molecular flexibility index (Phi) is 5.75. The summed E-state index contributed by atoms with van der Waals surface area (Å²) in [5.74, 6) is 0. The number of rotatable bonds is 5. The molecule has 0 saturated heterocycles. The highest BCUT2D eigenvalue weighted by atomic mass is 32.2. The average molecular weight is 281 g/mol. The summed E-state index contributed by atoms with van der Waals surface area (Å²) in [5, 5.41) is 3.37. The van der Waals surface area contributed by atoms with Gasteiger partial charge in [0.05, 0.1) is 10.8 Å². The summed E-state index contributed by atoms with van der Waals surface area (Å²) < 4.78 is 12.4. The van der Waals surface area contributed by atoms with Crippen molar-refractivity contribution in [3.63, 3.8) is 0 Å². The lowest BCUT2D eigenvalue weighted by Gasteiger charge is -2.20. The molecule has 3 heteroatoms. The van der Waals surface area contributed by atoms with E-state index in [1.54, 1.807) is 0 Å². The van der Waals surface area contributed by atoms with Gasteiger partial charge in [-0.3, -0.25) is 4.21 Å². The first-order valence-electron chi connectivity index (χ1n) is 6.94. The highest BCUT2D eigenvalue weighted by Gasteiger charge is 2.17. The van der Waals surface area contributed by atoms with E-state index in [9.17, 15) is 4.21 Å². The molecule has 3 atom stereocenters. The highest BCUT2D eigenvalue weighted by Crippen LogP contribution is 2.24. The molecule has 0 aromatic heterocycles. The van der Waals surface area contributed by atoms with Crippen LogP contribution in [0.15, 0.2) is 29.2 Å². The van der Waals surface area contributed by atoms with Crippen molar-refractivity contribution in [2.75, 3.05) is 7.05 Å². The van der Waals surface area contributed by atoms with Crippen LogP contribution in [0.2, 0.25) is 0 Å². The van der Waals surface area contributed by atoms with Crippen molar-refractivity contribution in [2.45, 2.75) is 62.6 Å². The second kappa shape index (κ2) is 6.67. The van der Waals surface area contributed by atoms with Crippen molar-refractivity contribution in [1.82, 2.24) is 5.32 Å². The third-order valence-electron chi connectivity index (χ3n) is 3.50. The molecule has 2 nitrogen and oxygen atoms in total. The summed E-state index contributed by atoms with van der Waals surface area (Å²) in [4.78, 5) is 0.934. The van der Waals surface area contributed by atoms with Gasteiger partial charge in [-0.25, -0.2) is 0 Å². The van der Waals surface area contributed by atoms with Crippen molar-refractivity contribution in [1.29, 1.82) is 0 Å². The molecule has 0 amide bonds. The van der Waals surface area contributed by atoms with Crippen molar-refractivity contribution in [2.24, 2.45) is 0 Å². The molecule has 0 heterocycles. The third kappa shape index (κ3) is 4.73. The lowest BCUT2D eigenvalue weighted by atomic mass is 9.87. The van der Waals surface area contributed by atoms with Gasteiger partial charge in [0.15, 0.2) is 0 Å².